The summed E-state index contributed by atoms with van der Waals surface area (Å²) < 4.78 is 23.0. The molecule has 158 valence electrons. The smallest absolute Gasteiger partial charge is 0.238 e. The molecule has 1 saturated heterocycles. The Morgan fingerprint density at radius 2 is 1.63 bits per heavy atom. The zero-order valence-corrected chi connectivity index (χ0v) is 17.9. The average Bonchev–Trinajstić information content (AvgIpc) is 2.93. The molecule has 0 atom stereocenters. The average molecular weight is 427 g/mol. The number of carbonyl (C=O) groups is 1. The quantitative estimate of drug-likeness (QED) is 0.760. The van der Waals surface area contributed by atoms with Crippen LogP contribution in [-0.2, 0) is 21.2 Å². The number of hydrogen-bond acceptors (Lipinski definition) is 6. The minimum atomic E-state index is -3.25. The van der Waals surface area contributed by atoms with Crippen LogP contribution in [0.15, 0.2) is 53.4 Å². The van der Waals surface area contributed by atoms with Crippen LogP contribution in [0.4, 0.5) is 5.69 Å². The highest BCUT2D eigenvalue weighted by Gasteiger charge is 2.17. The molecule has 0 unspecified atom stereocenters. The molecular formula is C22H26N4O3S. The number of sulfone groups is 1. The molecule has 2 aromatic carbocycles. The first-order valence-corrected chi connectivity index (χ1v) is 11.8. The number of rotatable bonds is 6. The summed E-state index contributed by atoms with van der Waals surface area (Å²) in [7, 11) is -3.25. The van der Waals surface area contributed by atoms with Gasteiger partial charge in [-0.2, -0.15) is 5.26 Å². The Hall–Kier alpha value is -2.73. The maximum Gasteiger partial charge on any atom is 0.238 e. The maximum atomic E-state index is 12.4. The normalized spacial score (nSPS) is 15.9. The molecule has 1 fully saturated rings. The third-order valence-corrected chi connectivity index (χ3v) is 6.23. The lowest BCUT2D eigenvalue weighted by molar-refractivity contribution is -0.117. The number of carbonyl (C=O) groups excluding carboxylic acids is 1. The lowest BCUT2D eigenvalue weighted by Gasteiger charge is -2.21. The number of benzene rings is 2. The lowest BCUT2D eigenvalue weighted by atomic mass is 10.1. The maximum absolute atomic E-state index is 12.4. The minimum absolute atomic E-state index is 0.109. The summed E-state index contributed by atoms with van der Waals surface area (Å²) in [6.45, 7) is 4.62. The van der Waals surface area contributed by atoms with Crippen molar-refractivity contribution in [2.75, 3.05) is 44.3 Å². The third-order valence-electron chi connectivity index (χ3n) is 5.10. The second-order valence-electron chi connectivity index (χ2n) is 7.56. The molecule has 1 amide bonds. The fraction of sp³-hybridized carbons (Fsp3) is 0.364. The first-order valence-electron chi connectivity index (χ1n) is 9.87. The van der Waals surface area contributed by atoms with E-state index < -0.39 is 9.84 Å². The summed E-state index contributed by atoms with van der Waals surface area (Å²) >= 11 is 0. The Morgan fingerprint density at radius 3 is 2.27 bits per heavy atom. The van der Waals surface area contributed by atoms with Crippen LogP contribution in [0.5, 0.6) is 0 Å². The third kappa shape index (κ3) is 6.39. The molecule has 2 aromatic rings. The Bertz CT molecular complexity index is 1010. The standard InChI is InChI=1S/C22H26N4O3S/c1-30(28,29)21-9-7-20(8-10-21)24-22(27)17-26-12-2-11-25(13-14-26)16-19-5-3-18(15-23)4-6-19/h3-10H,2,11-14,16-17H2,1H3,(H,24,27). The first-order chi connectivity index (χ1) is 14.3. The van der Waals surface area contributed by atoms with Crippen molar-refractivity contribution in [3.8, 4) is 6.07 Å². The van der Waals surface area contributed by atoms with Crippen LogP contribution in [-0.4, -0.2) is 63.1 Å². The van der Waals surface area contributed by atoms with Gasteiger partial charge in [-0.1, -0.05) is 12.1 Å². The van der Waals surface area contributed by atoms with E-state index in [1.807, 2.05) is 24.3 Å². The van der Waals surface area contributed by atoms with Crippen molar-refractivity contribution in [2.24, 2.45) is 0 Å². The number of nitriles is 1. The molecule has 8 heteroatoms. The molecule has 0 aliphatic carbocycles. The van der Waals surface area contributed by atoms with Crippen molar-refractivity contribution < 1.29 is 13.2 Å². The summed E-state index contributed by atoms with van der Waals surface area (Å²) in [5.74, 6) is -0.109. The van der Waals surface area contributed by atoms with Gasteiger partial charge < -0.3 is 5.32 Å². The largest absolute Gasteiger partial charge is 0.325 e. The van der Waals surface area contributed by atoms with Gasteiger partial charge in [-0.3, -0.25) is 14.6 Å². The SMILES string of the molecule is CS(=O)(=O)c1ccc(NC(=O)CN2CCCN(Cc3ccc(C#N)cc3)CC2)cc1. The van der Waals surface area contributed by atoms with E-state index in [2.05, 4.69) is 21.2 Å². The summed E-state index contributed by atoms with van der Waals surface area (Å²) in [5, 5.41) is 11.7. The monoisotopic (exact) mass is 426 g/mol. The summed E-state index contributed by atoms with van der Waals surface area (Å²) in [5.41, 5.74) is 2.43. The summed E-state index contributed by atoms with van der Waals surface area (Å²) in [6, 6.07) is 16.0. The van der Waals surface area contributed by atoms with Gasteiger partial charge in [0, 0.05) is 31.6 Å². The molecule has 0 radical (unpaired) electrons. The predicted octanol–water partition coefficient (Wildman–Crippen LogP) is 2.11. The van der Waals surface area contributed by atoms with Gasteiger partial charge in [0.1, 0.15) is 0 Å². The van der Waals surface area contributed by atoms with E-state index in [0.717, 1.165) is 45.4 Å². The Morgan fingerprint density at radius 1 is 1.00 bits per heavy atom. The van der Waals surface area contributed by atoms with Crippen LogP contribution in [0.2, 0.25) is 0 Å². The molecular weight excluding hydrogens is 400 g/mol. The molecule has 1 aliphatic rings. The Kier molecular flexibility index (Phi) is 7.21. The minimum Gasteiger partial charge on any atom is -0.325 e. The lowest BCUT2D eigenvalue weighted by Crippen LogP contribution is -2.36. The first kappa shape index (κ1) is 22.0. The van der Waals surface area contributed by atoms with E-state index in [4.69, 9.17) is 5.26 Å². The molecule has 1 aliphatic heterocycles. The van der Waals surface area contributed by atoms with Crippen molar-refractivity contribution in [1.82, 2.24) is 9.80 Å². The van der Waals surface area contributed by atoms with Crippen molar-refractivity contribution in [2.45, 2.75) is 17.9 Å². The van der Waals surface area contributed by atoms with Crippen LogP contribution in [0.25, 0.3) is 0 Å². The van der Waals surface area contributed by atoms with Crippen molar-refractivity contribution in [3.63, 3.8) is 0 Å². The number of hydrogen-bond donors (Lipinski definition) is 1. The second kappa shape index (κ2) is 9.85. The molecule has 0 aromatic heterocycles. The zero-order valence-electron chi connectivity index (χ0n) is 17.0. The van der Waals surface area contributed by atoms with E-state index in [1.165, 1.54) is 17.7 Å². The van der Waals surface area contributed by atoms with Gasteiger partial charge in [-0.15, -0.1) is 0 Å². The molecule has 3 rings (SSSR count). The Balaban J connectivity index is 1.48. The van der Waals surface area contributed by atoms with E-state index in [0.29, 0.717) is 17.8 Å². The highest BCUT2D eigenvalue weighted by molar-refractivity contribution is 7.90. The van der Waals surface area contributed by atoms with Crippen LogP contribution >= 0.6 is 0 Å². The van der Waals surface area contributed by atoms with Gasteiger partial charge in [0.15, 0.2) is 9.84 Å². The molecule has 0 bridgehead atoms. The van der Waals surface area contributed by atoms with Crippen molar-refractivity contribution >= 4 is 21.4 Å². The molecule has 1 N–H and O–H groups in total. The number of anilines is 1. The number of amides is 1. The van der Waals surface area contributed by atoms with Gasteiger partial charge >= 0.3 is 0 Å². The van der Waals surface area contributed by atoms with Gasteiger partial charge in [0.2, 0.25) is 5.91 Å². The number of nitrogens with one attached hydrogen (secondary N) is 1. The molecule has 30 heavy (non-hydrogen) atoms. The molecule has 7 nitrogen and oxygen atoms in total. The van der Waals surface area contributed by atoms with Crippen LogP contribution in [0.3, 0.4) is 0 Å². The van der Waals surface area contributed by atoms with E-state index in [-0.39, 0.29) is 10.8 Å². The molecule has 0 saturated carbocycles. The van der Waals surface area contributed by atoms with Gasteiger partial charge in [0.05, 0.1) is 23.1 Å². The van der Waals surface area contributed by atoms with Crippen LogP contribution in [0.1, 0.15) is 17.5 Å². The fourth-order valence-electron chi connectivity index (χ4n) is 3.47. The topological polar surface area (TPSA) is 93.5 Å². The number of nitrogens with zero attached hydrogens (tertiary/aromatic N) is 3. The molecule has 1 heterocycles. The van der Waals surface area contributed by atoms with E-state index in [1.54, 1.807) is 12.1 Å². The van der Waals surface area contributed by atoms with Gasteiger partial charge in [-0.05, 0) is 61.5 Å². The van der Waals surface area contributed by atoms with Crippen molar-refractivity contribution in [1.29, 1.82) is 5.26 Å². The second-order valence-corrected chi connectivity index (χ2v) is 9.58. The van der Waals surface area contributed by atoms with Gasteiger partial charge in [-0.25, -0.2) is 8.42 Å². The summed E-state index contributed by atoms with van der Waals surface area (Å²) in [4.78, 5) is 17.1. The Labute approximate surface area is 177 Å². The highest BCUT2D eigenvalue weighted by atomic mass is 32.2. The summed E-state index contributed by atoms with van der Waals surface area (Å²) in [6.07, 6.45) is 2.14. The van der Waals surface area contributed by atoms with Crippen molar-refractivity contribution in [3.05, 3.63) is 59.7 Å². The molecule has 0 spiro atoms. The predicted molar refractivity (Wildman–Crippen MR) is 116 cm³/mol. The van der Waals surface area contributed by atoms with Crippen LogP contribution in [0, 0.1) is 11.3 Å². The van der Waals surface area contributed by atoms with Gasteiger partial charge in [0.25, 0.3) is 0 Å². The highest BCUT2D eigenvalue weighted by Crippen LogP contribution is 2.14. The van der Waals surface area contributed by atoms with Crippen LogP contribution < -0.4 is 5.32 Å². The van der Waals surface area contributed by atoms with E-state index in [9.17, 15) is 13.2 Å². The fourth-order valence-corrected chi connectivity index (χ4v) is 4.10. The zero-order chi connectivity index (χ0) is 21.6. The van der Waals surface area contributed by atoms with E-state index >= 15 is 0 Å².